The molecule has 1 aromatic rings. The number of ether oxygens (including phenoxy) is 1. The minimum atomic E-state index is 0.422. The second kappa shape index (κ2) is 7.80. The Labute approximate surface area is 108 Å². The molecule has 7 heteroatoms. The normalized spacial score (nSPS) is 10.7. The van der Waals surface area contributed by atoms with Crippen LogP contribution in [0.15, 0.2) is 6.07 Å². The van der Waals surface area contributed by atoms with E-state index in [2.05, 4.69) is 32.7 Å². The van der Waals surface area contributed by atoms with Crippen LogP contribution in [0, 0.1) is 6.92 Å². The van der Waals surface area contributed by atoms with Crippen LogP contribution in [-0.4, -0.2) is 55.3 Å². The number of nitrogens with one attached hydrogen (secondary N) is 2. The van der Waals surface area contributed by atoms with Gasteiger partial charge in [0.25, 0.3) is 0 Å². The van der Waals surface area contributed by atoms with Gasteiger partial charge in [0.1, 0.15) is 5.82 Å². The second-order valence-electron chi connectivity index (χ2n) is 4.09. The molecule has 1 aromatic heterocycles. The molecule has 0 saturated carbocycles. The van der Waals surface area contributed by atoms with Crippen molar-refractivity contribution in [3.63, 3.8) is 0 Å². The van der Waals surface area contributed by atoms with Crippen LogP contribution in [0.25, 0.3) is 0 Å². The van der Waals surface area contributed by atoms with E-state index in [1.54, 1.807) is 7.11 Å². The summed E-state index contributed by atoms with van der Waals surface area (Å²) in [4.78, 5) is 10.5. The molecule has 4 N–H and O–H groups in total. The molecule has 0 unspecified atom stereocenters. The zero-order chi connectivity index (χ0) is 13.4. The molecule has 7 nitrogen and oxygen atoms in total. The maximum Gasteiger partial charge on any atom is 0.239 e. The van der Waals surface area contributed by atoms with Crippen molar-refractivity contribution in [1.82, 2.24) is 14.9 Å². The first kappa shape index (κ1) is 14.6. The number of hydrazine groups is 1. The van der Waals surface area contributed by atoms with E-state index >= 15 is 0 Å². The number of nitrogens with zero attached hydrogens (tertiary/aromatic N) is 3. The zero-order valence-corrected chi connectivity index (χ0v) is 11.2. The standard InChI is InChI=1S/C11H22N6O/c1-9-8-10(15-11(14-9)16-12)13-4-5-17(2)6-7-18-3/h8H,4-7,12H2,1-3H3,(H2,13,14,15,16). The maximum atomic E-state index is 5.29. The second-order valence-corrected chi connectivity index (χ2v) is 4.09. The molecule has 0 aliphatic carbocycles. The lowest BCUT2D eigenvalue weighted by Gasteiger charge is -2.16. The number of rotatable bonds is 8. The van der Waals surface area contributed by atoms with Crippen molar-refractivity contribution in [3.8, 4) is 0 Å². The van der Waals surface area contributed by atoms with Gasteiger partial charge in [-0.05, 0) is 14.0 Å². The van der Waals surface area contributed by atoms with E-state index in [-0.39, 0.29) is 0 Å². The van der Waals surface area contributed by atoms with Gasteiger partial charge in [-0.15, -0.1) is 0 Å². The van der Waals surface area contributed by atoms with Crippen molar-refractivity contribution >= 4 is 11.8 Å². The third-order valence-electron chi connectivity index (χ3n) is 2.46. The average Bonchev–Trinajstić information content (AvgIpc) is 2.35. The Balaban J connectivity index is 2.36. The molecule has 0 bridgehead atoms. The number of nitrogen functional groups attached to an aromatic ring is 1. The van der Waals surface area contributed by atoms with Crippen molar-refractivity contribution in [2.75, 3.05) is 51.1 Å². The van der Waals surface area contributed by atoms with Gasteiger partial charge < -0.3 is 15.0 Å². The van der Waals surface area contributed by atoms with Gasteiger partial charge in [-0.2, -0.15) is 4.98 Å². The number of methoxy groups -OCH3 is 1. The molecule has 0 aliphatic heterocycles. The van der Waals surface area contributed by atoms with Gasteiger partial charge in [-0.3, -0.25) is 5.43 Å². The topological polar surface area (TPSA) is 88.3 Å². The van der Waals surface area contributed by atoms with E-state index in [1.165, 1.54) is 0 Å². The molecule has 0 radical (unpaired) electrons. The van der Waals surface area contributed by atoms with Gasteiger partial charge in [-0.1, -0.05) is 0 Å². The quantitative estimate of drug-likeness (QED) is 0.446. The van der Waals surface area contributed by atoms with E-state index in [9.17, 15) is 0 Å². The molecule has 1 heterocycles. The molecular weight excluding hydrogens is 232 g/mol. The summed E-state index contributed by atoms with van der Waals surface area (Å²) in [6.07, 6.45) is 0. The summed E-state index contributed by atoms with van der Waals surface area (Å²) >= 11 is 0. The number of anilines is 2. The monoisotopic (exact) mass is 254 g/mol. The Hall–Kier alpha value is -1.44. The summed E-state index contributed by atoms with van der Waals surface area (Å²) in [7, 11) is 3.76. The molecule has 0 fully saturated rings. The summed E-state index contributed by atoms with van der Waals surface area (Å²) in [6.45, 7) is 5.28. The van der Waals surface area contributed by atoms with Crippen LogP contribution < -0.4 is 16.6 Å². The number of aryl methyl sites for hydroxylation is 1. The lowest BCUT2D eigenvalue weighted by atomic mass is 10.4. The van der Waals surface area contributed by atoms with Crippen LogP contribution >= 0.6 is 0 Å². The summed E-state index contributed by atoms with van der Waals surface area (Å²) in [5.41, 5.74) is 3.31. The highest BCUT2D eigenvalue weighted by Gasteiger charge is 2.01. The van der Waals surface area contributed by atoms with Gasteiger partial charge in [0.15, 0.2) is 0 Å². The third-order valence-corrected chi connectivity index (χ3v) is 2.46. The van der Waals surface area contributed by atoms with Crippen LogP contribution in [0.3, 0.4) is 0 Å². The fourth-order valence-corrected chi connectivity index (χ4v) is 1.46. The number of hydrogen-bond donors (Lipinski definition) is 3. The van der Waals surface area contributed by atoms with E-state index in [0.717, 1.165) is 37.8 Å². The molecule has 0 spiro atoms. The van der Waals surface area contributed by atoms with Crippen molar-refractivity contribution in [2.45, 2.75) is 6.92 Å². The molecular formula is C11H22N6O. The van der Waals surface area contributed by atoms with E-state index in [4.69, 9.17) is 10.6 Å². The van der Waals surface area contributed by atoms with Gasteiger partial charge in [0.2, 0.25) is 5.95 Å². The van der Waals surface area contributed by atoms with Crippen LogP contribution in [0.5, 0.6) is 0 Å². The van der Waals surface area contributed by atoms with Crippen LogP contribution in [0.4, 0.5) is 11.8 Å². The predicted octanol–water partition coefficient (Wildman–Crippen LogP) is 0.0607. The molecule has 1 rings (SSSR count). The molecule has 18 heavy (non-hydrogen) atoms. The minimum absolute atomic E-state index is 0.422. The van der Waals surface area contributed by atoms with Crippen LogP contribution in [-0.2, 0) is 4.74 Å². The molecule has 0 aromatic carbocycles. The van der Waals surface area contributed by atoms with Gasteiger partial charge in [-0.25, -0.2) is 10.8 Å². The van der Waals surface area contributed by atoms with E-state index in [1.807, 2.05) is 13.0 Å². The number of hydrogen-bond acceptors (Lipinski definition) is 7. The van der Waals surface area contributed by atoms with Crippen molar-refractivity contribution in [3.05, 3.63) is 11.8 Å². The third kappa shape index (κ3) is 5.26. The minimum Gasteiger partial charge on any atom is -0.383 e. The van der Waals surface area contributed by atoms with Crippen molar-refractivity contribution in [2.24, 2.45) is 5.84 Å². The van der Waals surface area contributed by atoms with Crippen LogP contribution in [0.2, 0.25) is 0 Å². The first-order chi connectivity index (χ1) is 8.65. The van der Waals surface area contributed by atoms with Gasteiger partial charge >= 0.3 is 0 Å². The lowest BCUT2D eigenvalue weighted by molar-refractivity contribution is 0.163. The van der Waals surface area contributed by atoms with Gasteiger partial charge in [0, 0.05) is 38.5 Å². The summed E-state index contributed by atoms with van der Waals surface area (Å²) < 4.78 is 5.02. The molecule has 0 atom stereocenters. The zero-order valence-electron chi connectivity index (χ0n) is 11.2. The van der Waals surface area contributed by atoms with Gasteiger partial charge in [0.05, 0.1) is 6.61 Å². The Bertz CT molecular complexity index is 359. The summed E-state index contributed by atoms with van der Waals surface area (Å²) in [5.74, 6) is 6.49. The first-order valence-electron chi connectivity index (χ1n) is 5.89. The smallest absolute Gasteiger partial charge is 0.239 e. The summed E-state index contributed by atoms with van der Waals surface area (Å²) in [6, 6.07) is 1.88. The highest BCUT2D eigenvalue weighted by molar-refractivity contribution is 5.41. The molecule has 102 valence electrons. The lowest BCUT2D eigenvalue weighted by Crippen LogP contribution is -2.28. The Kier molecular flexibility index (Phi) is 6.34. The maximum absolute atomic E-state index is 5.29. The first-order valence-corrected chi connectivity index (χ1v) is 5.89. The van der Waals surface area contributed by atoms with E-state index in [0.29, 0.717) is 5.95 Å². The highest BCUT2D eigenvalue weighted by atomic mass is 16.5. The largest absolute Gasteiger partial charge is 0.383 e. The molecule has 0 aliphatic rings. The molecule has 0 amide bonds. The molecule has 0 saturated heterocycles. The van der Waals surface area contributed by atoms with Crippen LogP contribution in [0.1, 0.15) is 5.69 Å². The Morgan fingerprint density at radius 1 is 1.39 bits per heavy atom. The highest BCUT2D eigenvalue weighted by Crippen LogP contribution is 2.07. The fraction of sp³-hybridized carbons (Fsp3) is 0.636. The van der Waals surface area contributed by atoms with E-state index < -0.39 is 0 Å². The fourth-order valence-electron chi connectivity index (χ4n) is 1.46. The Morgan fingerprint density at radius 2 is 2.17 bits per heavy atom. The average molecular weight is 254 g/mol. The Morgan fingerprint density at radius 3 is 2.83 bits per heavy atom. The number of aromatic nitrogens is 2. The summed E-state index contributed by atoms with van der Waals surface area (Å²) in [5, 5.41) is 3.24. The predicted molar refractivity (Wildman–Crippen MR) is 72.4 cm³/mol. The van der Waals surface area contributed by atoms with Crippen molar-refractivity contribution in [1.29, 1.82) is 0 Å². The number of likely N-dealkylation sites (N-methyl/N-ethyl adjacent to an activating group) is 1. The number of nitrogens with two attached hydrogens (primary N) is 1. The van der Waals surface area contributed by atoms with Crippen molar-refractivity contribution < 1.29 is 4.74 Å². The SMILES string of the molecule is COCCN(C)CCNc1cc(C)nc(NN)n1.